The fraction of sp³-hybridized carbons (Fsp3) is 0.353. The first-order valence-corrected chi connectivity index (χ1v) is 7.99. The van der Waals surface area contributed by atoms with Gasteiger partial charge in [-0.25, -0.2) is 4.79 Å². The number of carbonyl (C=O) groups is 3. The van der Waals surface area contributed by atoms with Crippen molar-refractivity contribution >= 4 is 23.5 Å². The van der Waals surface area contributed by atoms with Crippen molar-refractivity contribution in [3.8, 4) is 0 Å². The van der Waals surface area contributed by atoms with E-state index >= 15 is 0 Å². The van der Waals surface area contributed by atoms with Gasteiger partial charge >= 0.3 is 5.97 Å². The summed E-state index contributed by atoms with van der Waals surface area (Å²) in [6.45, 7) is -0.0542. The van der Waals surface area contributed by atoms with Crippen molar-refractivity contribution in [2.45, 2.75) is 0 Å². The van der Waals surface area contributed by atoms with E-state index < -0.39 is 11.9 Å². The summed E-state index contributed by atoms with van der Waals surface area (Å²) in [5, 5.41) is 23.2. The monoisotopic (exact) mass is 363 g/mol. The van der Waals surface area contributed by atoms with Gasteiger partial charge in [0.2, 0.25) is 0 Å². The van der Waals surface area contributed by atoms with E-state index in [1.807, 2.05) is 0 Å². The van der Waals surface area contributed by atoms with Crippen LogP contribution in [0.2, 0.25) is 0 Å². The van der Waals surface area contributed by atoms with Gasteiger partial charge < -0.3 is 30.5 Å². The molecule has 140 valence electrons. The Morgan fingerprint density at radius 3 is 2.46 bits per heavy atom. The lowest BCUT2D eigenvalue weighted by molar-refractivity contribution is -0.136. The molecule has 0 aliphatic carbocycles. The number of methoxy groups -OCH3 is 1. The number of aliphatic hydroxyl groups is 2. The SMILES string of the molecule is COC(=O)C1=C(Nc2ccc(C(=O)NCCO)cc2)C(=O)N(CCO)C1. The molecule has 0 aromatic heterocycles. The van der Waals surface area contributed by atoms with Gasteiger partial charge in [-0.1, -0.05) is 0 Å². The summed E-state index contributed by atoms with van der Waals surface area (Å²) in [4.78, 5) is 37.5. The van der Waals surface area contributed by atoms with E-state index in [9.17, 15) is 14.4 Å². The van der Waals surface area contributed by atoms with Crippen molar-refractivity contribution in [2.75, 3.05) is 45.3 Å². The van der Waals surface area contributed by atoms with Gasteiger partial charge in [0.1, 0.15) is 5.70 Å². The first-order chi connectivity index (χ1) is 12.5. The number of anilines is 1. The van der Waals surface area contributed by atoms with Crippen LogP contribution in [0, 0.1) is 0 Å². The molecule has 0 radical (unpaired) electrons. The predicted octanol–water partition coefficient (Wildman–Crippen LogP) is -0.918. The van der Waals surface area contributed by atoms with Gasteiger partial charge in [-0.05, 0) is 24.3 Å². The van der Waals surface area contributed by atoms with Crippen molar-refractivity contribution in [3.05, 3.63) is 41.1 Å². The molecule has 2 rings (SSSR count). The number of hydrogen-bond acceptors (Lipinski definition) is 7. The van der Waals surface area contributed by atoms with Crippen molar-refractivity contribution < 1.29 is 29.3 Å². The zero-order valence-electron chi connectivity index (χ0n) is 14.3. The second kappa shape index (κ2) is 8.97. The fourth-order valence-electron chi connectivity index (χ4n) is 2.47. The number of rotatable bonds is 8. The minimum absolute atomic E-state index is 0.0516. The molecule has 1 aliphatic rings. The Bertz CT molecular complexity index is 714. The lowest BCUT2D eigenvalue weighted by Gasteiger charge is -2.15. The minimum atomic E-state index is -0.624. The molecule has 1 aromatic rings. The number of aliphatic hydroxyl groups excluding tert-OH is 2. The van der Waals surface area contributed by atoms with Crippen LogP contribution in [0.25, 0.3) is 0 Å². The molecule has 0 spiro atoms. The molecule has 0 unspecified atom stereocenters. The van der Waals surface area contributed by atoms with E-state index in [-0.39, 0.29) is 50.0 Å². The molecule has 0 bridgehead atoms. The van der Waals surface area contributed by atoms with Gasteiger partial charge in [-0.15, -0.1) is 0 Å². The third-order valence-corrected chi connectivity index (χ3v) is 3.77. The molecule has 0 atom stereocenters. The van der Waals surface area contributed by atoms with Crippen LogP contribution >= 0.6 is 0 Å². The molecule has 9 nitrogen and oxygen atoms in total. The van der Waals surface area contributed by atoms with Gasteiger partial charge in [0, 0.05) is 24.3 Å². The fourth-order valence-corrected chi connectivity index (χ4v) is 2.47. The molecule has 4 N–H and O–H groups in total. The Labute approximate surface area is 150 Å². The van der Waals surface area contributed by atoms with E-state index in [0.29, 0.717) is 11.3 Å². The first kappa shape index (κ1) is 19.4. The number of nitrogens with one attached hydrogen (secondary N) is 2. The Balaban J connectivity index is 2.17. The Kier molecular flexibility index (Phi) is 6.70. The zero-order chi connectivity index (χ0) is 19.1. The van der Waals surface area contributed by atoms with Gasteiger partial charge in [-0.3, -0.25) is 9.59 Å². The van der Waals surface area contributed by atoms with Crippen LogP contribution in [0.3, 0.4) is 0 Å². The molecular formula is C17H21N3O6. The highest BCUT2D eigenvalue weighted by Crippen LogP contribution is 2.22. The maximum absolute atomic E-state index is 12.4. The molecule has 1 aromatic carbocycles. The number of amides is 2. The van der Waals surface area contributed by atoms with Crippen LogP contribution in [0.15, 0.2) is 35.5 Å². The van der Waals surface area contributed by atoms with Gasteiger partial charge in [0.15, 0.2) is 0 Å². The zero-order valence-corrected chi connectivity index (χ0v) is 14.3. The highest BCUT2D eigenvalue weighted by Gasteiger charge is 2.34. The predicted molar refractivity (Wildman–Crippen MR) is 92.2 cm³/mol. The van der Waals surface area contributed by atoms with E-state index in [2.05, 4.69) is 10.6 Å². The largest absolute Gasteiger partial charge is 0.466 e. The number of esters is 1. The average Bonchev–Trinajstić information content (AvgIpc) is 2.96. The van der Waals surface area contributed by atoms with E-state index in [0.717, 1.165) is 0 Å². The summed E-state index contributed by atoms with van der Waals surface area (Å²) in [5.74, 6) is -1.36. The molecule has 0 saturated heterocycles. The third kappa shape index (κ3) is 4.38. The number of hydrogen-bond donors (Lipinski definition) is 4. The number of carbonyl (C=O) groups excluding carboxylic acids is 3. The van der Waals surface area contributed by atoms with Crippen LogP contribution in [0.5, 0.6) is 0 Å². The van der Waals surface area contributed by atoms with Crippen LogP contribution in [0.4, 0.5) is 5.69 Å². The highest BCUT2D eigenvalue weighted by atomic mass is 16.5. The number of nitrogens with zero attached hydrogens (tertiary/aromatic N) is 1. The summed E-state index contributed by atoms with van der Waals surface area (Å²) in [6.07, 6.45) is 0. The maximum atomic E-state index is 12.4. The smallest absolute Gasteiger partial charge is 0.337 e. The van der Waals surface area contributed by atoms with Crippen molar-refractivity contribution in [3.63, 3.8) is 0 Å². The quantitative estimate of drug-likeness (QED) is 0.440. The number of benzene rings is 1. The second-order valence-corrected chi connectivity index (χ2v) is 5.48. The molecule has 1 heterocycles. The molecule has 0 saturated carbocycles. The van der Waals surface area contributed by atoms with Crippen molar-refractivity contribution in [2.24, 2.45) is 0 Å². The summed E-state index contributed by atoms with van der Waals surface area (Å²) in [6, 6.07) is 6.30. The van der Waals surface area contributed by atoms with Crippen LogP contribution in [0.1, 0.15) is 10.4 Å². The Morgan fingerprint density at radius 2 is 1.88 bits per heavy atom. The summed E-state index contributed by atoms with van der Waals surface area (Å²) in [7, 11) is 1.23. The van der Waals surface area contributed by atoms with Crippen LogP contribution < -0.4 is 10.6 Å². The van der Waals surface area contributed by atoms with E-state index in [1.54, 1.807) is 24.3 Å². The van der Waals surface area contributed by atoms with E-state index in [1.165, 1.54) is 12.0 Å². The summed E-state index contributed by atoms with van der Waals surface area (Å²) in [5.41, 5.74) is 1.17. The van der Waals surface area contributed by atoms with Crippen LogP contribution in [-0.2, 0) is 14.3 Å². The third-order valence-electron chi connectivity index (χ3n) is 3.77. The van der Waals surface area contributed by atoms with Crippen LogP contribution in [-0.4, -0.2) is 72.9 Å². The average molecular weight is 363 g/mol. The lowest BCUT2D eigenvalue weighted by atomic mass is 10.1. The van der Waals surface area contributed by atoms with Gasteiger partial charge in [0.05, 0.1) is 32.4 Å². The van der Waals surface area contributed by atoms with Crippen molar-refractivity contribution in [1.82, 2.24) is 10.2 Å². The Morgan fingerprint density at radius 1 is 1.19 bits per heavy atom. The molecule has 26 heavy (non-hydrogen) atoms. The summed E-state index contributed by atoms with van der Waals surface area (Å²) < 4.78 is 4.71. The standard InChI is InChI=1S/C17H21N3O6/c1-26-17(25)13-10-20(7-9-22)16(24)14(13)19-12-4-2-11(3-5-12)15(23)18-6-8-21/h2-5,19,21-22H,6-10H2,1H3,(H,18,23). The molecule has 0 fully saturated rings. The molecular weight excluding hydrogens is 342 g/mol. The Hall–Kier alpha value is -2.91. The molecule has 2 amide bonds. The molecule has 9 heteroatoms. The molecule has 1 aliphatic heterocycles. The summed E-state index contributed by atoms with van der Waals surface area (Å²) >= 11 is 0. The highest BCUT2D eigenvalue weighted by molar-refractivity contribution is 6.08. The second-order valence-electron chi connectivity index (χ2n) is 5.48. The van der Waals surface area contributed by atoms with Crippen molar-refractivity contribution in [1.29, 1.82) is 0 Å². The first-order valence-electron chi connectivity index (χ1n) is 7.99. The number of ether oxygens (including phenoxy) is 1. The minimum Gasteiger partial charge on any atom is -0.466 e. The van der Waals surface area contributed by atoms with Gasteiger partial charge in [0.25, 0.3) is 11.8 Å². The number of β-amino-alcohol motifs (C(OH)–C–C–N with tert-alkyl or cyclic N) is 1. The normalized spacial score (nSPS) is 13.8. The maximum Gasteiger partial charge on any atom is 0.337 e. The van der Waals surface area contributed by atoms with E-state index in [4.69, 9.17) is 14.9 Å². The lowest BCUT2D eigenvalue weighted by Crippen LogP contribution is -2.31. The topological polar surface area (TPSA) is 128 Å². The van der Waals surface area contributed by atoms with Gasteiger partial charge in [-0.2, -0.15) is 0 Å².